The van der Waals surface area contributed by atoms with E-state index in [0.717, 1.165) is 6.42 Å². The monoisotopic (exact) mass is 300 g/mol. The molecule has 0 amide bonds. The van der Waals surface area contributed by atoms with Crippen LogP contribution in [0.1, 0.15) is 13.3 Å². The Hall–Kier alpha value is -1.37. The second kappa shape index (κ2) is 6.39. The molecule has 0 aliphatic heterocycles. The zero-order chi connectivity index (χ0) is 14.7. The van der Waals surface area contributed by atoms with Crippen LogP contribution in [-0.2, 0) is 4.74 Å². The van der Waals surface area contributed by atoms with E-state index in [1.54, 1.807) is 0 Å². The van der Waals surface area contributed by atoms with Crippen LogP contribution >= 0.6 is 11.6 Å². The highest BCUT2D eigenvalue weighted by Gasteiger charge is 2.43. The molecule has 1 aromatic carbocycles. The summed E-state index contributed by atoms with van der Waals surface area (Å²) < 4.78 is 11.4. The molecule has 1 aliphatic rings. The number of likely N-dealkylation sites (N-methyl/N-ethyl adjacent to an activating group) is 1. The Morgan fingerprint density at radius 3 is 2.90 bits per heavy atom. The fourth-order valence-electron chi connectivity index (χ4n) is 2.25. The van der Waals surface area contributed by atoms with E-state index in [2.05, 4.69) is 5.32 Å². The molecule has 3 unspecified atom stereocenters. The summed E-state index contributed by atoms with van der Waals surface area (Å²) in [5.74, 6) is 0.324. The van der Waals surface area contributed by atoms with E-state index < -0.39 is 4.92 Å². The molecule has 0 bridgehead atoms. The Morgan fingerprint density at radius 1 is 1.55 bits per heavy atom. The van der Waals surface area contributed by atoms with E-state index in [9.17, 15) is 10.1 Å². The van der Waals surface area contributed by atoms with Gasteiger partial charge in [-0.25, -0.2) is 0 Å². The van der Waals surface area contributed by atoms with Crippen LogP contribution in [0.5, 0.6) is 5.75 Å². The molecular weight excluding hydrogens is 284 g/mol. The Morgan fingerprint density at radius 2 is 2.30 bits per heavy atom. The van der Waals surface area contributed by atoms with Gasteiger partial charge in [-0.1, -0.05) is 11.6 Å². The van der Waals surface area contributed by atoms with Gasteiger partial charge < -0.3 is 14.8 Å². The van der Waals surface area contributed by atoms with Gasteiger partial charge in [0.25, 0.3) is 5.69 Å². The van der Waals surface area contributed by atoms with E-state index in [4.69, 9.17) is 21.1 Å². The third-order valence-electron chi connectivity index (χ3n) is 3.38. The maximum Gasteiger partial charge on any atom is 0.273 e. The summed E-state index contributed by atoms with van der Waals surface area (Å²) in [4.78, 5) is 10.3. The van der Waals surface area contributed by atoms with E-state index >= 15 is 0 Å². The van der Waals surface area contributed by atoms with Gasteiger partial charge in [-0.15, -0.1) is 0 Å². The topological polar surface area (TPSA) is 73.6 Å². The van der Waals surface area contributed by atoms with Crippen LogP contribution in [0, 0.1) is 10.1 Å². The summed E-state index contributed by atoms with van der Waals surface area (Å²) in [6.07, 6.45) is 0.562. The van der Waals surface area contributed by atoms with Crippen molar-refractivity contribution < 1.29 is 14.4 Å². The maximum atomic E-state index is 10.8. The number of nitrogens with zero attached hydrogens (tertiary/aromatic N) is 1. The number of non-ortho nitro benzene ring substituents is 1. The van der Waals surface area contributed by atoms with Gasteiger partial charge in [-0.05, 0) is 20.0 Å². The van der Waals surface area contributed by atoms with Gasteiger partial charge in [0.2, 0.25) is 0 Å². The van der Waals surface area contributed by atoms with Crippen molar-refractivity contribution in [2.24, 2.45) is 0 Å². The molecule has 0 aromatic heterocycles. The molecule has 1 fully saturated rings. The van der Waals surface area contributed by atoms with Crippen LogP contribution in [0.2, 0.25) is 5.02 Å². The van der Waals surface area contributed by atoms with Crippen LogP contribution in [0.15, 0.2) is 18.2 Å². The first-order valence-electron chi connectivity index (χ1n) is 6.46. The van der Waals surface area contributed by atoms with Crippen molar-refractivity contribution >= 4 is 17.3 Å². The summed E-state index contributed by atoms with van der Waals surface area (Å²) in [7, 11) is 1.87. The summed E-state index contributed by atoms with van der Waals surface area (Å²) in [5.41, 5.74) is -0.0400. The van der Waals surface area contributed by atoms with Gasteiger partial charge in [0.1, 0.15) is 18.0 Å². The van der Waals surface area contributed by atoms with Crippen LogP contribution < -0.4 is 10.1 Å². The zero-order valence-corrected chi connectivity index (χ0v) is 12.1. The molecule has 1 aliphatic carbocycles. The molecule has 6 nitrogen and oxygen atoms in total. The van der Waals surface area contributed by atoms with Crippen molar-refractivity contribution in [2.45, 2.75) is 31.6 Å². The molecular formula is C13H17ClN2O4. The van der Waals surface area contributed by atoms with Crippen LogP contribution in [-0.4, -0.2) is 36.8 Å². The summed E-state index contributed by atoms with van der Waals surface area (Å²) in [6, 6.07) is 4.40. The van der Waals surface area contributed by atoms with E-state index in [1.807, 2.05) is 14.0 Å². The fraction of sp³-hybridized carbons (Fsp3) is 0.538. The average Bonchev–Trinajstić information content (AvgIpc) is 2.41. The minimum Gasteiger partial charge on any atom is -0.486 e. The van der Waals surface area contributed by atoms with Crippen molar-refractivity contribution in [3.63, 3.8) is 0 Å². The third-order valence-corrected chi connectivity index (χ3v) is 3.70. The number of benzene rings is 1. The van der Waals surface area contributed by atoms with Gasteiger partial charge in [0.15, 0.2) is 0 Å². The molecule has 3 atom stereocenters. The molecule has 1 aromatic rings. The predicted octanol–water partition coefficient (Wildman–Crippen LogP) is 2.39. The van der Waals surface area contributed by atoms with Gasteiger partial charge in [-0.3, -0.25) is 10.1 Å². The Bertz CT molecular complexity index is 497. The first-order valence-corrected chi connectivity index (χ1v) is 6.84. The molecule has 20 heavy (non-hydrogen) atoms. The molecule has 7 heteroatoms. The van der Waals surface area contributed by atoms with Crippen molar-refractivity contribution in [3.05, 3.63) is 33.3 Å². The summed E-state index contributed by atoms with van der Waals surface area (Å²) in [5, 5.41) is 14.3. The minimum atomic E-state index is -0.472. The van der Waals surface area contributed by atoms with E-state index in [-0.39, 0.29) is 23.9 Å². The lowest BCUT2D eigenvalue weighted by Crippen LogP contribution is -2.60. The smallest absolute Gasteiger partial charge is 0.273 e. The molecule has 0 spiro atoms. The van der Waals surface area contributed by atoms with Gasteiger partial charge in [0.05, 0.1) is 16.0 Å². The highest BCUT2D eigenvalue weighted by molar-refractivity contribution is 6.32. The summed E-state index contributed by atoms with van der Waals surface area (Å²) in [6.45, 7) is 2.51. The highest BCUT2D eigenvalue weighted by atomic mass is 35.5. The Labute approximate surface area is 122 Å². The molecule has 1 N–H and O–H groups in total. The molecule has 0 radical (unpaired) electrons. The number of hydrogen-bond acceptors (Lipinski definition) is 5. The number of nitrogens with one attached hydrogen (secondary N) is 1. The number of hydrogen-bond donors (Lipinski definition) is 1. The zero-order valence-electron chi connectivity index (χ0n) is 11.3. The number of nitro benzene ring substituents is 1. The quantitative estimate of drug-likeness (QED) is 0.645. The van der Waals surface area contributed by atoms with E-state index in [1.165, 1.54) is 18.2 Å². The SMILES string of the molecule is CCOC1C(NC)CC1Oc1cc([N+](=O)[O-])ccc1Cl. The fourth-order valence-corrected chi connectivity index (χ4v) is 2.42. The number of rotatable bonds is 6. The molecule has 2 rings (SSSR count). The van der Waals surface area contributed by atoms with Crippen LogP contribution in [0.25, 0.3) is 0 Å². The second-order valence-electron chi connectivity index (χ2n) is 4.58. The van der Waals surface area contributed by atoms with Crippen molar-refractivity contribution in [1.82, 2.24) is 5.32 Å². The third kappa shape index (κ3) is 3.03. The predicted molar refractivity (Wildman–Crippen MR) is 75.4 cm³/mol. The second-order valence-corrected chi connectivity index (χ2v) is 4.99. The van der Waals surface area contributed by atoms with Crippen molar-refractivity contribution in [2.75, 3.05) is 13.7 Å². The Kier molecular flexibility index (Phi) is 4.80. The maximum absolute atomic E-state index is 10.8. The number of nitro groups is 1. The normalized spacial score (nSPS) is 25.1. The highest BCUT2D eigenvalue weighted by Crippen LogP contribution is 2.34. The van der Waals surface area contributed by atoms with Gasteiger partial charge in [-0.2, -0.15) is 0 Å². The Balaban J connectivity index is 2.10. The molecule has 110 valence electrons. The largest absolute Gasteiger partial charge is 0.486 e. The number of halogens is 1. The van der Waals surface area contributed by atoms with E-state index in [0.29, 0.717) is 17.4 Å². The van der Waals surface area contributed by atoms with Gasteiger partial charge in [0, 0.05) is 25.1 Å². The standard InChI is InChI=1S/C13H17ClN2O4/c1-3-19-13-10(15-2)7-12(13)20-11-6-8(16(17)18)4-5-9(11)14/h4-6,10,12-13,15H,3,7H2,1-2H3. The van der Waals surface area contributed by atoms with Crippen molar-refractivity contribution in [1.29, 1.82) is 0 Å². The first-order chi connectivity index (χ1) is 9.56. The minimum absolute atomic E-state index is 0.0400. The molecule has 0 heterocycles. The first kappa shape index (κ1) is 15.0. The van der Waals surface area contributed by atoms with Crippen molar-refractivity contribution in [3.8, 4) is 5.75 Å². The lowest BCUT2D eigenvalue weighted by molar-refractivity contribution is -0.385. The van der Waals surface area contributed by atoms with Crippen LogP contribution in [0.4, 0.5) is 5.69 Å². The average molecular weight is 301 g/mol. The summed E-state index contributed by atoms with van der Waals surface area (Å²) >= 11 is 6.02. The lowest BCUT2D eigenvalue weighted by Gasteiger charge is -2.43. The van der Waals surface area contributed by atoms with Crippen LogP contribution in [0.3, 0.4) is 0 Å². The molecule has 1 saturated carbocycles. The molecule has 0 saturated heterocycles. The lowest BCUT2D eigenvalue weighted by atomic mass is 9.85. The van der Waals surface area contributed by atoms with Gasteiger partial charge >= 0.3 is 0 Å². The number of ether oxygens (including phenoxy) is 2.